The van der Waals surface area contributed by atoms with Crippen LogP contribution in [-0.2, 0) is 13.1 Å². The predicted octanol–water partition coefficient (Wildman–Crippen LogP) is 2.50. The molecule has 0 radical (unpaired) electrons. The quantitative estimate of drug-likeness (QED) is 0.874. The number of aryl methyl sites for hydroxylation is 1. The van der Waals surface area contributed by atoms with Crippen LogP contribution in [0.1, 0.15) is 45.6 Å². The van der Waals surface area contributed by atoms with Crippen molar-refractivity contribution in [3.8, 4) is 0 Å². The normalized spacial score (nSPS) is 27.4. The summed E-state index contributed by atoms with van der Waals surface area (Å²) in [5.74, 6) is 1.70. The van der Waals surface area contributed by atoms with Gasteiger partial charge < -0.3 is 5.32 Å². The lowest BCUT2D eigenvalue weighted by Crippen LogP contribution is -2.57. The van der Waals surface area contributed by atoms with Crippen LogP contribution in [0.3, 0.4) is 0 Å². The summed E-state index contributed by atoms with van der Waals surface area (Å²) in [7, 11) is 0. The highest BCUT2D eigenvalue weighted by Crippen LogP contribution is 2.37. The van der Waals surface area contributed by atoms with Gasteiger partial charge in [-0.05, 0) is 38.0 Å². The van der Waals surface area contributed by atoms with Crippen LogP contribution in [0.5, 0.6) is 0 Å². The minimum atomic E-state index is 0.654. The maximum atomic E-state index is 4.43. The highest BCUT2D eigenvalue weighted by Gasteiger charge is 2.38. The van der Waals surface area contributed by atoms with E-state index in [1.807, 2.05) is 10.9 Å². The average Bonchev–Trinajstić information content (AvgIpc) is 3.18. The van der Waals surface area contributed by atoms with Crippen LogP contribution in [0, 0.1) is 11.8 Å². The molecule has 0 aromatic carbocycles. The molecule has 4 nitrogen and oxygen atoms in total. The summed E-state index contributed by atoms with van der Waals surface area (Å²) < 4.78 is 2.04. The topological polar surface area (TPSA) is 33.1 Å². The first kappa shape index (κ1) is 15.0. The second-order valence-corrected chi connectivity index (χ2v) is 7.27. The third kappa shape index (κ3) is 3.86. The first-order valence-corrected chi connectivity index (χ1v) is 8.64. The zero-order chi connectivity index (χ0) is 14.8. The Morgan fingerprint density at radius 3 is 2.81 bits per heavy atom. The highest BCUT2D eigenvalue weighted by atomic mass is 15.3. The number of piperazine rings is 1. The Kier molecular flexibility index (Phi) is 4.65. The van der Waals surface area contributed by atoms with E-state index in [1.165, 1.54) is 37.9 Å². The molecule has 1 N–H and O–H groups in total. The Balaban J connectivity index is 1.65. The van der Waals surface area contributed by atoms with Crippen LogP contribution in [0.15, 0.2) is 12.4 Å². The van der Waals surface area contributed by atoms with Gasteiger partial charge in [0.2, 0.25) is 0 Å². The molecule has 1 aliphatic heterocycles. The van der Waals surface area contributed by atoms with E-state index in [0.29, 0.717) is 6.04 Å². The molecule has 1 aliphatic carbocycles. The predicted molar refractivity (Wildman–Crippen MR) is 86.1 cm³/mol. The Bertz CT molecular complexity index is 449. The van der Waals surface area contributed by atoms with E-state index in [-0.39, 0.29) is 0 Å². The van der Waals surface area contributed by atoms with Crippen LogP contribution in [0.25, 0.3) is 0 Å². The van der Waals surface area contributed by atoms with Crippen molar-refractivity contribution < 1.29 is 0 Å². The zero-order valence-corrected chi connectivity index (χ0v) is 13.8. The number of nitrogens with zero attached hydrogens (tertiary/aromatic N) is 3. The standard InChI is InChI=1S/C17H30N4/c1-4-21-11-14(8-19-21)10-20-12-16(7-13(2)3)18-9-17(20)15-5-6-15/h8,11,13,15-18H,4-7,9-10,12H2,1-3H3. The fourth-order valence-electron chi connectivity index (χ4n) is 3.65. The van der Waals surface area contributed by atoms with Gasteiger partial charge >= 0.3 is 0 Å². The molecular formula is C17H30N4. The SMILES string of the molecule is CCn1cc(CN2CC(CC(C)C)NCC2C2CC2)cn1. The van der Waals surface area contributed by atoms with Crippen LogP contribution in [-0.4, -0.2) is 39.9 Å². The number of hydrogen-bond acceptors (Lipinski definition) is 3. The number of nitrogens with one attached hydrogen (secondary N) is 1. The van der Waals surface area contributed by atoms with Crippen molar-refractivity contribution in [3.05, 3.63) is 18.0 Å². The van der Waals surface area contributed by atoms with E-state index in [1.54, 1.807) is 0 Å². The molecule has 0 amide bonds. The first-order valence-electron chi connectivity index (χ1n) is 8.64. The Labute approximate surface area is 128 Å². The average molecular weight is 290 g/mol. The van der Waals surface area contributed by atoms with E-state index in [9.17, 15) is 0 Å². The third-order valence-electron chi connectivity index (χ3n) is 4.86. The molecule has 2 unspecified atom stereocenters. The van der Waals surface area contributed by atoms with Gasteiger partial charge in [-0.25, -0.2) is 0 Å². The van der Waals surface area contributed by atoms with Crippen molar-refractivity contribution in [1.82, 2.24) is 20.0 Å². The lowest BCUT2D eigenvalue weighted by Gasteiger charge is -2.41. The maximum absolute atomic E-state index is 4.43. The van der Waals surface area contributed by atoms with Crippen molar-refractivity contribution in [2.45, 2.75) is 65.2 Å². The van der Waals surface area contributed by atoms with Gasteiger partial charge in [0, 0.05) is 50.0 Å². The van der Waals surface area contributed by atoms with Gasteiger partial charge in [-0.15, -0.1) is 0 Å². The summed E-state index contributed by atoms with van der Waals surface area (Å²) in [5, 5.41) is 8.22. The fourth-order valence-corrected chi connectivity index (χ4v) is 3.65. The van der Waals surface area contributed by atoms with Gasteiger partial charge in [-0.3, -0.25) is 9.58 Å². The number of hydrogen-bond donors (Lipinski definition) is 1. The van der Waals surface area contributed by atoms with E-state index in [2.05, 4.69) is 42.3 Å². The highest BCUT2D eigenvalue weighted by molar-refractivity contribution is 5.06. The molecule has 2 aliphatic rings. The summed E-state index contributed by atoms with van der Waals surface area (Å²) in [6, 6.07) is 1.39. The molecule has 1 aromatic rings. The van der Waals surface area contributed by atoms with Gasteiger partial charge in [0.25, 0.3) is 0 Å². The van der Waals surface area contributed by atoms with Crippen LogP contribution in [0.2, 0.25) is 0 Å². The van der Waals surface area contributed by atoms with Crippen molar-refractivity contribution in [1.29, 1.82) is 0 Å². The van der Waals surface area contributed by atoms with Gasteiger partial charge in [0.1, 0.15) is 0 Å². The van der Waals surface area contributed by atoms with Crippen molar-refractivity contribution >= 4 is 0 Å². The first-order chi connectivity index (χ1) is 10.2. The second kappa shape index (κ2) is 6.49. The summed E-state index contributed by atoms with van der Waals surface area (Å²) >= 11 is 0. The number of aromatic nitrogens is 2. The summed E-state index contributed by atoms with van der Waals surface area (Å²) in [5.41, 5.74) is 1.37. The van der Waals surface area contributed by atoms with Crippen LogP contribution < -0.4 is 5.32 Å². The van der Waals surface area contributed by atoms with Crippen molar-refractivity contribution in [2.75, 3.05) is 13.1 Å². The maximum Gasteiger partial charge on any atom is 0.0534 e. The molecule has 2 fully saturated rings. The van der Waals surface area contributed by atoms with E-state index in [0.717, 1.165) is 31.0 Å². The molecule has 4 heteroatoms. The minimum absolute atomic E-state index is 0.654. The molecule has 3 rings (SSSR count). The summed E-state index contributed by atoms with van der Waals surface area (Å²) in [4.78, 5) is 2.72. The molecule has 0 spiro atoms. The Hall–Kier alpha value is -0.870. The number of rotatable bonds is 6. The molecular weight excluding hydrogens is 260 g/mol. The Morgan fingerprint density at radius 2 is 2.19 bits per heavy atom. The fraction of sp³-hybridized carbons (Fsp3) is 0.824. The van der Waals surface area contributed by atoms with Crippen molar-refractivity contribution in [2.24, 2.45) is 11.8 Å². The summed E-state index contributed by atoms with van der Waals surface area (Å²) in [6.07, 6.45) is 8.39. The lowest BCUT2D eigenvalue weighted by atomic mass is 9.98. The zero-order valence-electron chi connectivity index (χ0n) is 13.8. The molecule has 1 aromatic heterocycles. The van der Waals surface area contributed by atoms with Crippen LogP contribution >= 0.6 is 0 Å². The van der Waals surface area contributed by atoms with Gasteiger partial charge in [-0.2, -0.15) is 5.10 Å². The molecule has 2 heterocycles. The molecule has 2 atom stereocenters. The molecule has 1 saturated heterocycles. The molecule has 0 bridgehead atoms. The van der Waals surface area contributed by atoms with E-state index >= 15 is 0 Å². The van der Waals surface area contributed by atoms with E-state index in [4.69, 9.17) is 0 Å². The Morgan fingerprint density at radius 1 is 1.38 bits per heavy atom. The summed E-state index contributed by atoms with van der Waals surface area (Å²) in [6.45, 7) is 11.2. The van der Waals surface area contributed by atoms with E-state index < -0.39 is 0 Å². The van der Waals surface area contributed by atoms with Crippen molar-refractivity contribution in [3.63, 3.8) is 0 Å². The lowest BCUT2D eigenvalue weighted by molar-refractivity contribution is 0.100. The largest absolute Gasteiger partial charge is 0.311 e. The van der Waals surface area contributed by atoms with Gasteiger partial charge in [0.15, 0.2) is 0 Å². The molecule has 118 valence electrons. The molecule has 1 saturated carbocycles. The monoisotopic (exact) mass is 290 g/mol. The second-order valence-electron chi connectivity index (χ2n) is 7.27. The third-order valence-corrected chi connectivity index (χ3v) is 4.86. The minimum Gasteiger partial charge on any atom is -0.311 e. The smallest absolute Gasteiger partial charge is 0.0534 e. The molecule has 21 heavy (non-hydrogen) atoms. The van der Waals surface area contributed by atoms with Gasteiger partial charge in [-0.1, -0.05) is 13.8 Å². The van der Waals surface area contributed by atoms with Crippen LogP contribution in [0.4, 0.5) is 0 Å². The van der Waals surface area contributed by atoms with Gasteiger partial charge in [0.05, 0.1) is 6.20 Å².